The Morgan fingerprint density at radius 2 is 1.97 bits per heavy atom. The van der Waals surface area contributed by atoms with Crippen LogP contribution >= 0.6 is 0 Å². The molecule has 29 heavy (non-hydrogen) atoms. The lowest BCUT2D eigenvalue weighted by Gasteiger charge is -2.24. The number of aromatic nitrogens is 1. The summed E-state index contributed by atoms with van der Waals surface area (Å²) in [6, 6.07) is 7.95. The monoisotopic (exact) mass is 387 g/mol. The standard InChI is InChI=1S/C24H25N3O2/c1-5-6-7-22(28)27(20-13-16(3)15(2)12-19(20)17-8-9-17)21-11-10-18-14-26(4)24(29)23(18)25-21/h10-13,17H,5,8-9,14H2,1-4H3. The van der Waals surface area contributed by atoms with Crippen LogP contribution in [0.2, 0.25) is 0 Å². The second kappa shape index (κ2) is 7.36. The molecule has 1 saturated carbocycles. The summed E-state index contributed by atoms with van der Waals surface area (Å²) in [7, 11) is 1.76. The fraction of sp³-hybridized carbons (Fsp3) is 0.375. The molecule has 0 saturated heterocycles. The van der Waals surface area contributed by atoms with E-state index in [1.807, 2.05) is 26.0 Å². The van der Waals surface area contributed by atoms with E-state index in [4.69, 9.17) is 0 Å². The minimum Gasteiger partial charge on any atom is -0.336 e. The second-order valence-corrected chi connectivity index (χ2v) is 7.90. The Bertz CT molecular complexity index is 1070. The van der Waals surface area contributed by atoms with Crippen LogP contribution in [-0.2, 0) is 11.3 Å². The minimum atomic E-state index is -0.316. The number of hydrogen-bond acceptors (Lipinski definition) is 3. The first kappa shape index (κ1) is 19.2. The quantitative estimate of drug-likeness (QED) is 0.740. The topological polar surface area (TPSA) is 53.5 Å². The molecule has 148 valence electrons. The number of pyridine rings is 1. The smallest absolute Gasteiger partial charge is 0.308 e. The van der Waals surface area contributed by atoms with Gasteiger partial charge in [-0.1, -0.05) is 25.0 Å². The number of carbonyl (C=O) groups excluding carboxylic acids is 2. The number of carbonyl (C=O) groups is 2. The molecule has 1 aromatic heterocycles. The maximum absolute atomic E-state index is 13.2. The highest BCUT2D eigenvalue weighted by Crippen LogP contribution is 2.46. The summed E-state index contributed by atoms with van der Waals surface area (Å²) in [6.45, 7) is 6.60. The van der Waals surface area contributed by atoms with E-state index in [0.29, 0.717) is 30.4 Å². The summed E-state index contributed by atoms with van der Waals surface area (Å²) in [6.07, 6.45) is 2.85. The third-order valence-corrected chi connectivity index (χ3v) is 5.63. The van der Waals surface area contributed by atoms with Crippen LogP contribution in [0.25, 0.3) is 0 Å². The molecule has 2 heterocycles. The molecule has 2 amide bonds. The van der Waals surface area contributed by atoms with Crippen molar-refractivity contribution in [1.82, 2.24) is 9.88 Å². The van der Waals surface area contributed by atoms with Crippen LogP contribution < -0.4 is 4.90 Å². The van der Waals surface area contributed by atoms with Gasteiger partial charge in [0, 0.05) is 25.6 Å². The number of anilines is 2. The Hall–Kier alpha value is -3.13. The molecule has 5 heteroatoms. The fourth-order valence-corrected chi connectivity index (χ4v) is 3.72. The van der Waals surface area contributed by atoms with Gasteiger partial charge in [-0.15, -0.1) is 0 Å². The Morgan fingerprint density at radius 1 is 1.24 bits per heavy atom. The van der Waals surface area contributed by atoms with Crippen molar-refractivity contribution in [3.05, 3.63) is 52.2 Å². The summed E-state index contributed by atoms with van der Waals surface area (Å²) in [4.78, 5) is 33.5. The molecule has 1 aliphatic heterocycles. The molecule has 0 atom stereocenters. The SMILES string of the molecule is CCC#CC(=O)N(c1ccc2c(n1)C(=O)N(C)C2)c1cc(C)c(C)cc1C1CC1. The maximum atomic E-state index is 13.2. The zero-order valence-electron chi connectivity index (χ0n) is 17.4. The molecular weight excluding hydrogens is 362 g/mol. The molecule has 1 fully saturated rings. The van der Waals surface area contributed by atoms with Crippen LogP contribution in [0, 0.1) is 25.7 Å². The van der Waals surface area contributed by atoms with Crippen molar-refractivity contribution < 1.29 is 9.59 Å². The number of amides is 2. The van der Waals surface area contributed by atoms with Crippen molar-refractivity contribution in [3.63, 3.8) is 0 Å². The first-order chi connectivity index (χ1) is 13.9. The Balaban J connectivity index is 1.88. The number of hydrogen-bond donors (Lipinski definition) is 0. The van der Waals surface area contributed by atoms with Crippen LogP contribution in [-0.4, -0.2) is 28.7 Å². The van der Waals surface area contributed by atoms with Crippen LogP contribution in [0.3, 0.4) is 0 Å². The summed E-state index contributed by atoms with van der Waals surface area (Å²) in [5.41, 5.74) is 5.62. The Kier molecular flexibility index (Phi) is 4.87. The highest BCUT2D eigenvalue weighted by Gasteiger charge is 2.32. The molecule has 4 rings (SSSR count). The van der Waals surface area contributed by atoms with Crippen LogP contribution in [0.4, 0.5) is 11.5 Å². The van der Waals surface area contributed by atoms with Crippen LogP contribution in [0.15, 0.2) is 24.3 Å². The molecule has 0 N–H and O–H groups in total. The number of fused-ring (bicyclic) bond motifs is 1. The van der Waals surface area contributed by atoms with Crippen molar-refractivity contribution >= 4 is 23.3 Å². The number of rotatable bonds is 3. The zero-order chi connectivity index (χ0) is 20.7. The van der Waals surface area contributed by atoms with E-state index in [2.05, 4.69) is 35.9 Å². The van der Waals surface area contributed by atoms with Gasteiger partial charge in [-0.3, -0.25) is 14.5 Å². The van der Waals surface area contributed by atoms with Gasteiger partial charge in [-0.25, -0.2) is 4.98 Å². The molecule has 1 aliphatic carbocycles. The van der Waals surface area contributed by atoms with Crippen molar-refractivity contribution in [2.24, 2.45) is 0 Å². The van der Waals surface area contributed by atoms with Crippen molar-refractivity contribution in [3.8, 4) is 11.8 Å². The lowest BCUT2D eigenvalue weighted by Crippen LogP contribution is -2.27. The molecule has 5 nitrogen and oxygen atoms in total. The van der Waals surface area contributed by atoms with E-state index in [1.54, 1.807) is 16.8 Å². The highest BCUT2D eigenvalue weighted by atomic mass is 16.2. The van der Waals surface area contributed by atoms with E-state index in [9.17, 15) is 9.59 Å². The predicted octanol–water partition coefficient (Wildman–Crippen LogP) is 4.24. The van der Waals surface area contributed by atoms with Gasteiger partial charge in [0.05, 0.1) is 5.69 Å². The van der Waals surface area contributed by atoms with Crippen LogP contribution in [0.5, 0.6) is 0 Å². The van der Waals surface area contributed by atoms with Gasteiger partial charge in [-0.05, 0) is 67.4 Å². The summed E-state index contributed by atoms with van der Waals surface area (Å²) in [5.74, 6) is 6.10. The normalized spacial score (nSPS) is 15.0. The average molecular weight is 387 g/mol. The highest BCUT2D eigenvalue weighted by molar-refractivity contribution is 6.11. The number of benzene rings is 1. The van der Waals surface area contributed by atoms with E-state index in [1.165, 1.54) is 5.56 Å². The van der Waals surface area contributed by atoms with Gasteiger partial charge >= 0.3 is 5.91 Å². The van der Waals surface area contributed by atoms with E-state index in [0.717, 1.165) is 35.2 Å². The molecule has 0 unspecified atom stereocenters. The van der Waals surface area contributed by atoms with Crippen molar-refractivity contribution in [1.29, 1.82) is 0 Å². The van der Waals surface area contributed by atoms with Crippen molar-refractivity contribution in [2.45, 2.75) is 52.5 Å². The first-order valence-electron chi connectivity index (χ1n) is 10.1. The number of nitrogens with zero attached hydrogens (tertiary/aromatic N) is 3. The third kappa shape index (κ3) is 3.51. The van der Waals surface area contributed by atoms with Gasteiger partial charge in [0.25, 0.3) is 5.91 Å². The van der Waals surface area contributed by atoms with Gasteiger partial charge < -0.3 is 4.90 Å². The second-order valence-electron chi connectivity index (χ2n) is 7.90. The lowest BCUT2D eigenvalue weighted by atomic mass is 9.99. The Labute approximate surface area is 171 Å². The largest absolute Gasteiger partial charge is 0.336 e. The first-order valence-corrected chi connectivity index (χ1v) is 10.1. The molecule has 0 spiro atoms. The zero-order valence-corrected chi connectivity index (χ0v) is 17.4. The summed E-state index contributed by atoms with van der Waals surface area (Å²) < 4.78 is 0. The van der Waals surface area contributed by atoms with E-state index in [-0.39, 0.29) is 11.8 Å². The van der Waals surface area contributed by atoms with Gasteiger partial charge in [-0.2, -0.15) is 0 Å². The van der Waals surface area contributed by atoms with Crippen molar-refractivity contribution in [2.75, 3.05) is 11.9 Å². The Morgan fingerprint density at radius 3 is 2.66 bits per heavy atom. The minimum absolute atomic E-state index is 0.114. The molecule has 0 radical (unpaired) electrons. The molecule has 0 bridgehead atoms. The van der Waals surface area contributed by atoms with E-state index >= 15 is 0 Å². The van der Waals surface area contributed by atoms with Crippen LogP contribution in [0.1, 0.15) is 64.8 Å². The predicted molar refractivity (Wildman–Crippen MR) is 113 cm³/mol. The summed E-state index contributed by atoms with van der Waals surface area (Å²) >= 11 is 0. The molecule has 2 aliphatic rings. The third-order valence-electron chi connectivity index (χ3n) is 5.63. The fourth-order valence-electron chi connectivity index (χ4n) is 3.72. The van der Waals surface area contributed by atoms with Gasteiger partial charge in [0.1, 0.15) is 11.5 Å². The molecular formula is C24H25N3O2. The number of aryl methyl sites for hydroxylation is 2. The molecule has 2 aromatic rings. The summed E-state index contributed by atoms with van der Waals surface area (Å²) in [5, 5.41) is 0. The average Bonchev–Trinajstić information content (AvgIpc) is 3.50. The van der Waals surface area contributed by atoms with Gasteiger partial charge in [0.2, 0.25) is 0 Å². The van der Waals surface area contributed by atoms with Gasteiger partial charge in [0.15, 0.2) is 0 Å². The maximum Gasteiger partial charge on any atom is 0.308 e. The molecule has 1 aromatic carbocycles. The van der Waals surface area contributed by atoms with E-state index < -0.39 is 0 Å². The lowest BCUT2D eigenvalue weighted by molar-refractivity contribution is -0.112.